The van der Waals surface area contributed by atoms with Crippen molar-refractivity contribution < 1.29 is 33.8 Å². The minimum absolute atomic E-state index is 0.111. The molecule has 252 valence electrons. The monoisotopic (exact) mass is 637 g/mol. The zero-order valence-electron chi connectivity index (χ0n) is 27.6. The number of aliphatic hydroxyl groups is 1. The molecule has 2 bridgehead atoms. The fourth-order valence-corrected chi connectivity index (χ4v) is 7.48. The Balaban J connectivity index is 1.63. The van der Waals surface area contributed by atoms with Crippen LogP contribution >= 0.6 is 0 Å². The van der Waals surface area contributed by atoms with E-state index in [1.165, 1.54) is 0 Å². The molecule has 0 aliphatic carbocycles. The number of nitrogens with zero attached hydrogens (tertiary/aromatic N) is 2. The Labute approximate surface area is 273 Å². The molecule has 1 aromatic rings. The van der Waals surface area contributed by atoms with E-state index in [0.717, 1.165) is 18.4 Å². The van der Waals surface area contributed by atoms with Gasteiger partial charge in [-0.2, -0.15) is 0 Å². The number of rotatable bonds is 18. The van der Waals surface area contributed by atoms with Gasteiger partial charge in [0.2, 0.25) is 17.7 Å². The van der Waals surface area contributed by atoms with Gasteiger partial charge in [-0.15, -0.1) is 13.2 Å². The number of aliphatic hydroxyl groups excluding tert-OH is 1. The first kappa shape index (κ1) is 35.4. The summed E-state index contributed by atoms with van der Waals surface area (Å²) in [6.45, 7) is 14.0. The Kier molecular flexibility index (Phi) is 12.2. The van der Waals surface area contributed by atoms with E-state index in [0.29, 0.717) is 45.2 Å². The molecule has 3 aliphatic rings. The summed E-state index contributed by atoms with van der Waals surface area (Å²) in [6.07, 6.45) is 6.79. The van der Waals surface area contributed by atoms with Crippen LogP contribution in [0.4, 0.5) is 0 Å². The predicted molar refractivity (Wildman–Crippen MR) is 174 cm³/mol. The fraction of sp³-hybridized carbons (Fsp3) is 0.611. The summed E-state index contributed by atoms with van der Waals surface area (Å²) in [6, 6.07) is 7.71. The lowest BCUT2D eigenvalue weighted by Gasteiger charge is -2.38. The molecule has 0 unspecified atom stereocenters. The van der Waals surface area contributed by atoms with Gasteiger partial charge in [0.1, 0.15) is 17.7 Å². The van der Waals surface area contributed by atoms with Crippen LogP contribution in [0, 0.1) is 11.8 Å². The number of carbonyl (C=O) groups is 4. The minimum Gasteiger partial charge on any atom is -0.455 e. The summed E-state index contributed by atoms with van der Waals surface area (Å²) in [4.78, 5) is 58.8. The highest BCUT2D eigenvalue weighted by atomic mass is 16.6. The number of likely N-dealkylation sites (tertiary alicyclic amines) is 1. The number of hydrogen-bond donors (Lipinski definition) is 2. The van der Waals surface area contributed by atoms with Gasteiger partial charge in [-0.25, -0.2) is 0 Å². The number of esters is 1. The highest BCUT2D eigenvalue weighted by molar-refractivity contribution is 5.98. The highest BCUT2D eigenvalue weighted by Crippen LogP contribution is 2.59. The number of amides is 3. The molecule has 46 heavy (non-hydrogen) atoms. The largest absolute Gasteiger partial charge is 0.455 e. The molecule has 3 heterocycles. The normalized spacial score (nSPS) is 26.0. The molecule has 7 atom stereocenters. The molecule has 0 aromatic heterocycles. The smallest absolute Gasteiger partial charge is 0.313 e. The van der Waals surface area contributed by atoms with Crippen molar-refractivity contribution in [2.24, 2.45) is 11.8 Å². The summed E-state index contributed by atoms with van der Waals surface area (Å²) < 4.78 is 12.8. The van der Waals surface area contributed by atoms with E-state index in [-0.39, 0.29) is 36.8 Å². The standard InChI is InChI=1S/C36H51N3O7/c1-6-8-18-28(41)37-25(5)31(26-16-12-11-13-17-26)45-35(44)29-27-19-20-36(46-27)30(29)33(42)39(22-14-9-10-15-23-40)32(36)34(43)38(21-7-2)24(3)4/h6-7,11-13,16-17,24-25,27,29-32,40H,1-2,8-10,14-15,18-23H2,3-5H3,(H,37,41)/t25-,27+,29-,30-,31-,32+,36-/m0/s1. The molecule has 3 saturated heterocycles. The van der Waals surface area contributed by atoms with Gasteiger partial charge >= 0.3 is 5.97 Å². The van der Waals surface area contributed by atoms with Crippen molar-refractivity contribution in [1.82, 2.24) is 15.1 Å². The predicted octanol–water partition coefficient (Wildman–Crippen LogP) is 4.09. The number of unbranched alkanes of at least 4 members (excludes halogenated alkanes) is 3. The third kappa shape index (κ3) is 7.23. The molecule has 3 amide bonds. The van der Waals surface area contributed by atoms with Gasteiger partial charge in [0.25, 0.3) is 0 Å². The molecular formula is C36H51N3O7. The van der Waals surface area contributed by atoms with E-state index in [4.69, 9.17) is 9.47 Å². The summed E-state index contributed by atoms with van der Waals surface area (Å²) in [5, 5.41) is 12.2. The maximum absolute atomic E-state index is 14.3. The molecule has 0 radical (unpaired) electrons. The molecule has 2 N–H and O–H groups in total. The van der Waals surface area contributed by atoms with E-state index >= 15 is 0 Å². The van der Waals surface area contributed by atoms with E-state index in [9.17, 15) is 24.3 Å². The van der Waals surface area contributed by atoms with Gasteiger partial charge in [0, 0.05) is 32.2 Å². The number of allylic oxidation sites excluding steroid dienone is 1. The van der Waals surface area contributed by atoms with Crippen molar-refractivity contribution in [2.45, 2.75) is 108 Å². The van der Waals surface area contributed by atoms with Crippen LogP contribution in [0.5, 0.6) is 0 Å². The van der Waals surface area contributed by atoms with Crippen LogP contribution < -0.4 is 5.32 Å². The van der Waals surface area contributed by atoms with E-state index in [1.54, 1.807) is 28.9 Å². The van der Waals surface area contributed by atoms with Gasteiger partial charge in [0.05, 0.1) is 24.0 Å². The molecule has 0 saturated carbocycles. The fourth-order valence-electron chi connectivity index (χ4n) is 7.48. The number of hydrogen-bond acceptors (Lipinski definition) is 7. The summed E-state index contributed by atoms with van der Waals surface area (Å²) in [7, 11) is 0. The zero-order valence-corrected chi connectivity index (χ0v) is 27.6. The number of fused-ring (bicyclic) bond motifs is 1. The quantitative estimate of drug-likeness (QED) is 0.141. The van der Waals surface area contributed by atoms with E-state index in [1.807, 2.05) is 44.2 Å². The molecule has 4 rings (SSSR count). The Hall–Kier alpha value is -3.50. The molecule has 3 fully saturated rings. The number of carbonyl (C=O) groups excluding carboxylic acids is 4. The van der Waals surface area contributed by atoms with Crippen molar-refractivity contribution >= 4 is 23.7 Å². The van der Waals surface area contributed by atoms with Crippen LogP contribution in [-0.4, -0.2) is 88.1 Å². The van der Waals surface area contributed by atoms with Gasteiger partial charge in [-0.3, -0.25) is 19.2 Å². The lowest BCUT2D eigenvalue weighted by molar-refractivity contribution is -0.162. The van der Waals surface area contributed by atoms with Crippen LogP contribution in [0.2, 0.25) is 0 Å². The second-order valence-corrected chi connectivity index (χ2v) is 13.1. The second-order valence-electron chi connectivity index (χ2n) is 13.1. The van der Waals surface area contributed by atoms with Crippen molar-refractivity contribution in [3.8, 4) is 0 Å². The lowest BCUT2D eigenvalue weighted by Crippen LogP contribution is -2.57. The second kappa shape index (κ2) is 15.9. The maximum Gasteiger partial charge on any atom is 0.313 e. The Morgan fingerprint density at radius 2 is 1.85 bits per heavy atom. The molecule has 10 heteroatoms. The average Bonchev–Trinajstić information content (AvgIpc) is 3.68. The van der Waals surface area contributed by atoms with Crippen molar-refractivity contribution in [3.63, 3.8) is 0 Å². The van der Waals surface area contributed by atoms with Crippen LogP contribution in [0.3, 0.4) is 0 Å². The number of nitrogens with one attached hydrogen (secondary N) is 1. The van der Waals surface area contributed by atoms with Crippen molar-refractivity contribution in [1.29, 1.82) is 0 Å². The maximum atomic E-state index is 14.3. The van der Waals surface area contributed by atoms with Crippen LogP contribution in [0.1, 0.15) is 83.8 Å². The van der Waals surface area contributed by atoms with Crippen molar-refractivity contribution in [2.75, 3.05) is 19.7 Å². The average molecular weight is 638 g/mol. The van der Waals surface area contributed by atoms with Gasteiger partial charge in [-0.1, -0.05) is 55.3 Å². The van der Waals surface area contributed by atoms with E-state index in [2.05, 4.69) is 18.5 Å². The molecule has 10 nitrogen and oxygen atoms in total. The first-order chi connectivity index (χ1) is 22.1. The SMILES string of the molecule is C=CCCC(=O)N[C@@H](C)[C@H](OC(=O)[C@@H]1[C@H]2C(=O)N(CCCCCCO)[C@H](C(=O)N(CC=C)C(C)C)[C@]23CC[C@H]1O3)c1ccccc1. The molecular weight excluding hydrogens is 586 g/mol. The zero-order chi connectivity index (χ0) is 33.4. The topological polar surface area (TPSA) is 125 Å². The van der Waals surface area contributed by atoms with Crippen LogP contribution in [0.15, 0.2) is 55.6 Å². The third-order valence-electron chi connectivity index (χ3n) is 9.64. The van der Waals surface area contributed by atoms with E-state index < -0.39 is 47.7 Å². The number of ether oxygens (including phenoxy) is 2. The highest BCUT2D eigenvalue weighted by Gasteiger charge is 2.75. The minimum atomic E-state index is -1.13. The first-order valence-electron chi connectivity index (χ1n) is 16.8. The van der Waals surface area contributed by atoms with Gasteiger partial charge in [-0.05, 0) is 58.4 Å². The van der Waals surface area contributed by atoms with Crippen LogP contribution in [0.25, 0.3) is 0 Å². The summed E-state index contributed by atoms with van der Waals surface area (Å²) in [5.74, 6) is -2.92. The summed E-state index contributed by atoms with van der Waals surface area (Å²) in [5.41, 5.74) is -0.409. The number of benzene rings is 1. The lowest BCUT2D eigenvalue weighted by atomic mass is 9.70. The third-order valence-corrected chi connectivity index (χ3v) is 9.64. The molecule has 1 aromatic carbocycles. The Morgan fingerprint density at radius 1 is 1.13 bits per heavy atom. The summed E-state index contributed by atoms with van der Waals surface area (Å²) >= 11 is 0. The van der Waals surface area contributed by atoms with Crippen molar-refractivity contribution in [3.05, 3.63) is 61.2 Å². The first-order valence-corrected chi connectivity index (χ1v) is 16.8. The molecule has 3 aliphatic heterocycles. The van der Waals surface area contributed by atoms with Gasteiger partial charge < -0.3 is 29.7 Å². The van der Waals surface area contributed by atoms with Gasteiger partial charge in [0.15, 0.2) is 0 Å². The Morgan fingerprint density at radius 3 is 2.50 bits per heavy atom. The Bertz CT molecular complexity index is 1250. The molecule has 1 spiro atoms. The van der Waals surface area contributed by atoms with Crippen LogP contribution in [-0.2, 0) is 28.7 Å².